The Bertz CT molecular complexity index is 147. The van der Waals surface area contributed by atoms with E-state index in [1.165, 1.54) is 14.2 Å². The van der Waals surface area contributed by atoms with Crippen molar-refractivity contribution in [2.24, 2.45) is 0 Å². The van der Waals surface area contributed by atoms with Gasteiger partial charge in [0.1, 0.15) is 0 Å². The van der Waals surface area contributed by atoms with Crippen LogP contribution >= 0.6 is 0 Å². The van der Waals surface area contributed by atoms with Crippen LogP contribution in [0.25, 0.3) is 0 Å². The first-order chi connectivity index (χ1) is 5.11. The molecule has 0 spiro atoms. The van der Waals surface area contributed by atoms with Crippen LogP contribution in [0.1, 0.15) is 13.3 Å². The van der Waals surface area contributed by atoms with Crippen LogP contribution in [0, 0.1) is 0 Å². The Morgan fingerprint density at radius 1 is 1.45 bits per heavy atom. The van der Waals surface area contributed by atoms with E-state index in [9.17, 15) is 4.79 Å². The first-order valence-electron chi connectivity index (χ1n) is 3.36. The third kappa shape index (κ3) is 3.91. The van der Waals surface area contributed by atoms with Gasteiger partial charge in [0.05, 0.1) is 6.42 Å². The predicted molar refractivity (Wildman–Crippen MR) is 42.2 cm³/mol. The SMILES string of the molecule is C=C(C)C(=O)CC(OC)OC. The number of carbonyl (C=O) groups excluding carboxylic acids is 1. The molecule has 0 aromatic heterocycles. The summed E-state index contributed by atoms with van der Waals surface area (Å²) in [4.78, 5) is 11.0. The van der Waals surface area contributed by atoms with Gasteiger partial charge in [-0.2, -0.15) is 0 Å². The van der Waals surface area contributed by atoms with Gasteiger partial charge >= 0.3 is 0 Å². The second-order valence-electron chi connectivity index (χ2n) is 2.31. The van der Waals surface area contributed by atoms with E-state index >= 15 is 0 Å². The van der Waals surface area contributed by atoms with Crippen LogP contribution in [-0.4, -0.2) is 26.3 Å². The van der Waals surface area contributed by atoms with Crippen molar-refractivity contribution in [2.45, 2.75) is 19.6 Å². The number of hydrogen-bond donors (Lipinski definition) is 0. The molecule has 0 rings (SSSR count). The average molecular weight is 158 g/mol. The lowest BCUT2D eigenvalue weighted by molar-refractivity contribution is -0.134. The van der Waals surface area contributed by atoms with Gasteiger partial charge in [-0.1, -0.05) is 6.58 Å². The number of ketones is 1. The number of ether oxygens (including phenoxy) is 2. The van der Waals surface area contributed by atoms with Gasteiger partial charge in [0.15, 0.2) is 12.1 Å². The van der Waals surface area contributed by atoms with Crippen LogP contribution in [-0.2, 0) is 14.3 Å². The lowest BCUT2D eigenvalue weighted by Crippen LogP contribution is -2.18. The fraction of sp³-hybridized carbons (Fsp3) is 0.625. The number of methoxy groups -OCH3 is 2. The molecule has 0 heterocycles. The summed E-state index contributed by atoms with van der Waals surface area (Å²) in [6, 6.07) is 0. The van der Waals surface area contributed by atoms with Gasteiger partial charge in [-0.3, -0.25) is 4.79 Å². The molecule has 0 aliphatic heterocycles. The summed E-state index contributed by atoms with van der Waals surface area (Å²) >= 11 is 0. The van der Waals surface area contributed by atoms with Crippen molar-refractivity contribution >= 4 is 5.78 Å². The van der Waals surface area contributed by atoms with Crippen molar-refractivity contribution in [3.63, 3.8) is 0 Å². The molecular weight excluding hydrogens is 144 g/mol. The smallest absolute Gasteiger partial charge is 0.164 e. The number of rotatable bonds is 5. The van der Waals surface area contributed by atoms with Crippen LogP contribution in [0.4, 0.5) is 0 Å². The summed E-state index contributed by atoms with van der Waals surface area (Å²) in [6.07, 6.45) is -0.207. The summed E-state index contributed by atoms with van der Waals surface area (Å²) in [6.45, 7) is 5.19. The van der Waals surface area contributed by atoms with Crippen molar-refractivity contribution in [3.8, 4) is 0 Å². The fourth-order valence-electron chi connectivity index (χ4n) is 0.588. The minimum absolute atomic E-state index is 0.0290. The lowest BCUT2D eigenvalue weighted by atomic mass is 10.1. The minimum Gasteiger partial charge on any atom is -0.355 e. The van der Waals surface area contributed by atoms with Gasteiger partial charge in [0.2, 0.25) is 0 Å². The number of carbonyl (C=O) groups is 1. The monoisotopic (exact) mass is 158 g/mol. The van der Waals surface area contributed by atoms with E-state index in [1.54, 1.807) is 6.92 Å². The number of allylic oxidation sites excluding steroid dienone is 1. The molecular formula is C8H14O3. The molecule has 11 heavy (non-hydrogen) atoms. The van der Waals surface area contributed by atoms with Gasteiger partial charge in [0, 0.05) is 14.2 Å². The van der Waals surface area contributed by atoms with Crippen LogP contribution in [0.5, 0.6) is 0 Å². The third-order valence-corrected chi connectivity index (χ3v) is 1.35. The van der Waals surface area contributed by atoms with Crippen LogP contribution in [0.2, 0.25) is 0 Å². The van der Waals surface area contributed by atoms with Crippen LogP contribution in [0.3, 0.4) is 0 Å². The normalized spacial score (nSPS) is 10.2. The highest BCUT2D eigenvalue weighted by atomic mass is 16.7. The lowest BCUT2D eigenvalue weighted by Gasteiger charge is -2.11. The molecule has 0 aromatic rings. The fourth-order valence-corrected chi connectivity index (χ4v) is 0.588. The largest absolute Gasteiger partial charge is 0.355 e. The molecule has 0 saturated carbocycles. The average Bonchev–Trinajstić information content (AvgIpc) is 1.99. The molecule has 64 valence electrons. The molecule has 0 atom stereocenters. The Morgan fingerprint density at radius 2 is 1.91 bits per heavy atom. The van der Waals surface area contributed by atoms with Crippen LogP contribution in [0.15, 0.2) is 12.2 Å². The van der Waals surface area contributed by atoms with E-state index < -0.39 is 6.29 Å². The number of Topliss-reactive ketones (excluding diaryl/α,β-unsaturated/α-hetero) is 1. The quantitative estimate of drug-likeness (QED) is 0.444. The summed E-state index contributed by atoms with van der Waals surface area (Å²) in [5.41, 5.74) is 0.532. The van der Waals surface area contributed by atoms with Crippen molar-refractivity contribution in [1.29, 1.82) is 0 Å². The van der Waals surface area contributed by atoms with Crippen molar-refractivity contribution in [1.82, 2.24) is 0 Å². The molecule has 0 amide bonds. The van der Waals surface area contributed by atoms with Gasteiger partial charge < -0.3 is 9.47 Å². The molecule has 0 radical (unpaired) electrons. The van der Waals surface area contributed by atoms with E-state index in [2.05, 4.69) is 6.58 Å². The maximum atomic E-state index is 11.0. The van der Waals surface area contributed by atoms with Crippen molar-refractivity contribution < 1.29 is 14.3 Å². The topological polar surface area (TPSA) is 35.5 Å². The number of hydrogen-bond acceptors (Lipinski definition) is 3. The van der Waals surface area contributed by atoms with Gasteiger partial charge in [0.25, 0.3) is 0 Å². The molecule has 0 N–H and O–H groups in total. The minimum atomic E-state index is -0.445. The van der Waals surface area contributed by atoms with E-state index in [1.807, 2.05) is 0 Å². The van der Waals surface area contributed by atoms with E-state index in [0.29, 0.717) is 5.57 Å². The molecule has 0 fully saturated rings. The highest BCUT2D eigenvalue weighted by Crippen LogP contribution is 2.03. The second-order valence-corrected chi connectivity index (χ2v) is 2.31. The molecule has 0 aliphatic rings. The summed E-state index contributed by atoms with van der Waals surface area (Å²) in [5.74, 6) is -0.0290. The second kappa shape index (κ2) is 5.04. The maximum Gasteiger partial charge on any atom is 0.164 e. The molecule has 3 nitrogen and oxygen atoms in total. The highest BCUT2D eigenvalue weighted by molar-refractivity contribution is 5.94. The Kier molecular flexibility index (Phi) is 4.74. The Labute approximate surface area is 67.0 Å². The van der Waals surface area contributed by atoms with Gasteiger partial charge in [-0.05, 0) is 12.5 Å². The molecule has 3 heteroatoms. The Balaban J connectivity index is 3.81. The Hall–Kier alpha value is -0.670. The molecule has 0 saturated heterocycles. The first-order valence-corrected chi connectivity index (χ1v) is 3.36. The predicted octanol–water partition coefficient (Wildman–Crippen LogP) is 1.14. The van der Waals surface area contributed by atoms with E-state index in [0.717, 1.165) is 0 Å². The van der Waals surface area contributed by atoms with Crippen molar-refractivity contribution in [3.05, 3.63) is 12.2 Å². The molecule has 0 unspecified atom stereocenters. The van der Waals surface area contributed by atoms with Crippen molar-refractivity contribution in [2.75, 3.05) is 14.2 Å². The van der Waals surface area contributed by atoms with Gasteiger partial charge in [-0.25, -0.2) is 0 Å². The Morgan fingerprint density at radius 3 is 2.18 bits per heavy atom. The maximum absolute atomic E-state index is 11.0. The zero-order chi connectivity index (χ0) is 8.85. The summed E-state index contributed by atoms with van der Waals surface area (Å²) < 4.78 is 9.67. The summed E-state index contributed by atoms with van der Waals surface area (Å²) in [7, 11) is 3.00. The first kappa shape index (κ1) is 10.3. The molecule has 0 bridgehead atoms. The standard InChI is InChI=1S/C8H14O3/c1-6(2)7(9)5-8(10-3)11-4/h8H,1,5H2,2-4H3. The highest BCUT2D eigenvalue weighted by Gasteiger charge is 2.11. The van der Waals surface area contributed by atoms with E-state index in [-0.39, 0.29) is 12.2 Å². The molecule has 0 aliphatic carbocycles. The zero-order valence-corrected chi connectivity index (χ0v) is 7.22. The summed E-state index contributed by atoms with van der Waals surface area (Å²) in [5, 5.41) is 0. The molecule has 0 aromatic carbocycles. The zero-order valence-electron chi connectivity index (χ0n) is 7.22. The van der Waals surface area contributed by atoms with Gasteiger partial charge in [-0.15, -0.1) is 0 Å². The van der Waals surface area contributed by atoms with E-state index in [4.69, 9.17) is 9.47 Å². The third-order valence-electron chi connectivity index (χ3n) is 1.35. The van der Waals surface area contributed by atoms with Crippen LogP contribution < -0.4 is 0 Å².